The number of aryl methyl sites for hydroxylation is 2. The fraction of sp³-hybridized carbons (Fsp3) is 0.381. The SMILES string of the molecule is COc1ccccc1-c1cc(C(=O)N(Cc2c(C)nn(C)c2C)C2CC2)[nH]n1. The zero-order valence-electron chi connectivity index (χ0n) is 16.7. The lowest BCUT2D eigenvalue weighted by Gasteiger charge is -2.22. The Morgan fingerprint density at radius 1 is 1.32 bits per heavy atom. The molecule has 4 rings (SSSR count). The average molecular weight is 379 g/mol. The molecular weight excluding hydrogens is 354 g/mol. The van der Waals surface area contributed by atoms with Crippen LogP contribution in [0.4, 0.5) is 0 Å². The van der Waals surface area contributed by atoms with Crippen molar-refractivity contribution in [3.8, 4) is 17.0 Å². The van der Waals surface area contributed by atoms with E-state index in [1.54, 1.807) is 13.2 Å². The largest absolute Gasteiger partial charge is 0.496 e. The number of H-pyrrole nitrogens is 1. The number of aromatic nitrogens is 4. The number of carbonyl (C=O) groups excluding carboxylic acids is 1. The number of benzene rings is 1. The standard InChI is InChI=1S/C21H25N5O2/c1-13-17(14(2)25(3)24-13)12-26(15-9-10-15)21(27)19-11-18(22-23-19)16-7-5-6-8-20(16)28-4/h5-8,11,15H,9-10,12H2,1-4H3,(H,22,23). The summed E-state index contributed by atoms with van der Waals surface area (Å²) in [7, 11) is 3.56. The second-order valence-corrected chi connectivity index (χ2v) is 7.30. The van der Waals surface area contributed by atoms with E-state index < -0.39 is 0 Å². The molecule has 0 radical (unpaired) electrons. The maximum absolute atomic E-state index is 13.3. The molecule has 2 heterocycles. The first-order valence-electron chi connectivity index (χ1n) is 9.48. The first-order valence-corrected chi connectivity index (χ1v) is 9.48. The van der Waals surface area contributed by atoms with Gasteiger partial charge in [0.2, 0.25) is 0 Å². The van der Waals surface area contributed by atoms with E-state index in [9.17, 15) is 4.79 Å². The first-order chi connectivity index (χ1) is 13.5. The van der Waals surface area contributed by atoms with Gasteiger partial charge < -0.3 is 9.64 Å². The van der Waals surface area contributed by atoms with Crippen LogP contribution in [0, 0.1) is 13.8 Å². The highest BCUT2D eigenvalue weighted by atomic mass is 16.5. The molecule has 7 heteroatoms. The van der Waals surface area contributed by atoms with Gasteiger partial charge in [0.15, 0.2) is 0 Å². The number of carbonyl (C=O) groups is 1. The molecule has 1 fully saturated rings. The molecular formula is C21H25N5O2. The number of aromatic amines is 1. The van der Waals surface area contributed by atoms with Crippen LogP contribution in [0.15, 0.2) is 30.3 Å². The fourth-order valence-electron chi connectivity index (χ4n) is 3.55. The third-order valence-electron chi connectivity index (χ3n) is 5.43. The monoisotopic (exact) mass is 379 g/mol. The smallest absolute Gasteiger partial charge is 0.272 e. The molecule has 0 atom stereocenters. The molecule has 1 aliphatic carbocycles. The number of hydrogen-bond acceptors (Lipinski definition) is 4. The van der Waals surface area contributed by atoms with Gasteiger partial charge in [0.25, 0.3) is 5.91 Å². The third kappa shape index (κ3) is 3.28. The van der Waals surface area contributed by atoms with E-state index in [0.717, 1.165) is 41.1 Å². The molecule has 0 unspecified atom stereocenters. The second-order valence-electron chi connectivity index (χ2n) is 7.30. The summed E-state index contributed by atoms with van der Waals surface area (Å²) >= 11 is 0. The van der Waals surface area contributed by atoms with E-state index in [1.165, 1.54) is 0 Å². The van der Waals surface area contributed by atoms with Crippen LogP contribution in [0.2, 0.25) is 0 Å². The van der Waals surface area contributed by atoms with Gasteiger partial charge in [-0.1, -0.05) is 12.1 Å². The molecule has 1 saturated carbocycles. The summed E-state index contributed by atoms with van der Waals surface area (Å²) in [5.41, 5.74) is 5.23. The zero-order chi connectivity index (χ0) is 19.8. The van der Waals surface area contributed by atoms with E-state index in [-0.39, 0.29) is 11.9 Å². The van der Waals surface area contributed by atoms with Gasteiger partial charge in [0, 0.05) is 36.5 Å². The minimum atomic E-state index is -0.0289. The molecule has 0 aliphatic heterocycles. The number of para-hydroxylation sites is 1. The van der Waals surface area contributed by atoms with Gasteiger partial charge in [-0.15, -0.1) is 0 Å². The number of ether oxygens (including phenoxy) is 1. The van der Waals surface area contributed by atoms with Crippen LogP contribution in [0.3, 0.4) is 0 Å². The van der Waals surface area contributed by atoms with Crippen LogP contribution in [-0.2, 0) is 13.6 Å². The Kier molecular flexibility index (Phi) is 4.66. The van der Waals surface area contributed by atoms with Crippen molar-refractivity contribution in [3.05, 3.63) is 53.0 Å². The lowest BCUT2D eigenvalue weighted by molar-refractivity contribution is 0.0723. The van der Waals surface area contributed by atoms with E-state index >= 15 is 0 Å². The van der Waals surface area contributed by atoms with Crippen LogP contribution in [-0.4, -0.2) is 43.9 Å². The van der Waals surface area contributed by atoms with Gasteiger partial charge in [-0.25, -0.2) is 0 Å². The molecule has 3 aromatic rings. The molecule has 2 aromatic heterocycles. The van der Waals surface area contributed by atoms with Crippen LogP contribution in [0.1, 0.15) is 40.3 Å². The van der Waals surface area contributed by atoms with Gasteiger partial charge in [0.1, 0.15) is 11.4 Å². The molecule has 0 saturated heterocycles. The minimum absolute atomic E-state index is 0.0289. The highest BCUT2D eigenvalue weighted by molar-refractivity contribution is 5.94. The fourth-order valence-corrected chi connectivity index (χ4v) is 3.55. The Bertz CT molecular complexity index is 1020. The summed E-state index contributed by atoms with van der Waals surface area (Å²) < 4.78 is 7.29. The number of hydrogen-bond donors (Lipinski definition) is 1. The van der Waals surface area contributed by atoms with Crippen molar-refractivity contribution in [2.75, 3.05) is 7.11 Å². The summed E-state index contributed by atoms with van der Waals surface area (Å²) in [5.74, 6) is 0.701. The van der Waals surface area contributed by atoms with Gasteiger partial charge in [0.05, 0.1) is 18.5 Å². The summed E-state index contributed by atoms with van der Waals surface area (Å²) in [6, 6.07) is 9.75. The van der Waals surface area contributed by atoms with E-state index in [1.807, 2.05) is 54.7 Å². The van der Waals surface area contributed by atoms with Crippen molar-refractivity contribution >= 4 is 5.91 Å². The van der Waals surface area contributed by atoms with Crippen molar-refractivity contribution in [3.63, 3.8) is 0 Å². The number of amides is 1. The number of rotatable bonds is 6. The predicted molar refractivity (Wildman–Crippen MR) is 106 cm³/mol. The zero-order valence-corrected chi connectivity index (χ0v) is 16.7. The molecule has 0 spiro atoms. The summed E-state index contributed by atoms with van der Waals surface area (Å²) in [4.78, 5) is 15.2. The maximum atomic E-state index is 13.3. The first kappa shape index (κ1) is 18.3. The predicted octanol–water partition coefficient (Wildman–Crippen LogP) is 3.24. The summed E-state index contributed by atoms with van der Waals surface area (Å²) in [5, 5.41) is 11.8. The number of nitrogens with one attached hydrogen (secondary N) is 1. The lowest BCUT2D eigenvalue weighted by atomic mass is 10.1. The molecule has 146 valence electrons. The normalized spacial score (nSPS) is 13.6. The van der Waals surface area contributed by atoms with Gasteiger partial charge >= 0.3 is 0 Å². The maximum Gasteiger partial charge on any atom is 0.272 e. The lowest BCUT2D eigenvalue weighted by Crippen LogP contribution is -2.33. The highest BCUT2D eigenvalue weighted by Crippen LogP contribution is 2.32. The van der Waals surface area contributed by atoms with Crippen LogP contribution >= 0.6 is 0 Å². The Labute approximate surface area is 164 Å². The van der Waals surface area contributed by atoms with Crippen molar-refractivity contribution in [2.24, 2.45) is 7.05 Å². The minimum Gasteiger partial charge on any atom is -0.496 e. The van der Waals surface area contributed by atoms with Gasteiger partial charge in [-0.3, -0.25) is 14.6 Å². The highest BCUT2D eigenvalue weighted by Gasteiger charge is 2.35. The summed E-state index contributed by atoms with van der Waals surface area (Å²) in [6.07, 6.45) is 2.08. The Balaban J connectivity index is 1.61. The average Bonchev–Trinajstić information content (AvgIpc) is 3.36. The number of methoxy groups -OCH3 is 1. The number of nitrogens with zero attached hydrogens (tertiary/aromatic N) is 4. The molecule has 1 N–H and O–H groups in total. The Morgan fingerprint density at radius 2 is 2.07 bits per heavy atom. The van der Waals surface area contributed by atoms with Crippen molar-refractivity contribution in [1.82, 2.24) is 24.9 Å². The van der Waals surface area contributed by atoms with Crippen molar-refractivity contribution < 1.29 is 9.53 Å². The van der Waals surface area contributed by atoms with Gasteiger partial charge in [-0.2, -0.15) is 10.2 Å². The Hall–Kier alpha value is -3.09. The van der Waals surface area contributed by atoms with E-state index in [2.05, 4.69) is 15.3 Å². The third-order valence-corrected chi connectivity index (χ3v) is 5.43. The van der Waals surface area contributed by atoms with Crippen molar-refractivity contribution in [1.29, 1.82) is 0 Å². The molecule has 28 heavy (non-hydrogen) atoms. The van der Waals surface area contributed by atoms with E-state index in [0.29, 0.717) is 17.9 Å². The molecule has 7 nitrogen and oxygen atoms in total. The van der Waals surface area contributed by atoms with Crippen LogP contribution < -0.4 is 4.74 Å². The van der Waals surface area contributed by atoms with Gasteiger partial charge in [-0.05, 0) is 44.9 Å². The van der Waals surface area contributed by atoms with E-state index in [4.69, 9.17) is 4.74 Å². The molecule has 1 aromatic carbocycles. The molecule has 0 bridgehead atoms. The molecule has 1 amide bonds. The molecule has 1 aliphatic rings. The topological polar surface area (TPSA) is 76.0 Å². The second kappa shape index (κ2) is 7.14. The van der Waals surface area contributed by atoms with Crippen LogP contribution in [0.25, 0.3) is 11.3 Å². The Morgan fingerprint density at radius 3 is 2.71 bits per heavy atom. The van der Waals surface area contributed by atoms with Crippen LogP contribution in [0.5, 0.6) is 5.75 Å². The quantitative estimate of drug-likeness (QED) is 0.713. The van der Waals surface area contributed by atoms with Crippen molar-refractivity contribution in [2.45, 2.75) is 39.3 Å². The summed E-state index contributed by atoms with van der Waals surface area (Å²) in [6.45, 7) is 4.60.